The van der Waals surface area contributed by atoms with E-state index in [9.17, 15) is 0 Å². The number of hydrogen-bond donors (Lipinski definition) is 0. The molecule has 0 amide bonds. The van der Waals surface area contributed by atoms with Crippen LogP contribution in [-0.2, 0) is 0 Å². The Bertz CT molecular complexity index is 3380. The number of nitrogens with zero attached hydrogens (tertiary/aromatic N) is 1. The number of aromatic nitrogens is 1. The van der Waals surface area contributed by atoms with Crippen LogP contribution in [0.15, 0.2) is 224 Å². The number of hydrogen-bond acceptors (Lipinski definition) is 2. The van der Waals surface area contributed by atoms with Gasteiger partial charge in [-0.1, -0.05) is 206 Å². The van der Waals surface area contributed by atoms with Gasteiger partial charge >= 0.3 is 0 Å². The second-order valence-corrected chi connectivity index (χ2v) is 16.1. The fourth-order valence-corrected chi connectivity index (χ4v) is 9.64. The first-order valence-corrected chi connectivity index (χ1v) is 21.1. The molecule has 0 N–H and O–H groups in total. The summed E-state index contributed by atoms with van der Waals surface area (Å²) in [6.07, 6.45) is 8.66. The highest BCUT2D eigenvalue weighted by molar-refractivity contribution is 6.10. The summed E-state index contributed by atoms with van der Waals surface area (Å²) in [5, 5.41) is 7.42. The zero-order valence-electron chi connectivity index (χ0n) is 33.4. The van der Waals surface area contributed by atoms with Gasteiger partial charge in [0.25, 0.3) is 0 Å². The van der Waals surface area contributed by atoms with E-state index in [2.05, 4.69) is 224 Å². The number of para-hydroxylation sites is 1. The van der Waals surface area contributed by atoms with E-state index in [4.69, 9.17) is 9.72 Å². The number of fused-ring (bicyclic) bond motifs is 6. The summed E-state index contributed by atoms with van der Waals surface area (Å²) in [7, 11) is 0. The normalized spacial score (nSPS) is 15.2. The molecule has 0 fully saturated rings. The van der Waals surface area contributed by atoms with Crippen LogP contribution in [0.5, 0.6) is 5.75 Å². The SMILES string of the molecule is C1=CC2Oc3c(-c4ccc(-c5cc(-c6ccc(-c7cccc8ccccc78)c7ccccc67)cc(-c6ccc(-c7cccc8ccccc78)cc6)n5)cc4)cccc3C2C=C1. The van der Waals surface area contributed by atoms with Gasteiger partial charge in [0.15, 0.2) is 0 Å². The average molecular weight is 778 g/mol. The van der Waals surface area contributed by atoms with Gasteiger partial charge in [-0.2, -0.15) is 0 Å². The lowest BCUT2D eigenvalue weighted by molar-refractivity contribution is 0.270. The molecule has 1 aliphatic heterocycles. The molecule has 1 aromatic heterocycles. The van der Waals surface area contributed by atoms with Crippen LogP contribution < -0.4 is 4.74 Å². The monoisotopic (exact) mass is 777 g/mol. The van der Waals surface area contributed by atoms with Gasteiger partial charge in [0.05, 0.1) is 11.4 Å². The molecule has 2 aliphatic rings. The van der Waals surface area contributed by atoms with Crippen molar-refractivity contribution >= 4 is 32.3 Å². The van der Waals surface area contributed by atoms with Crippen molar-refractivity contribution in [1.82, 2.24) is 4.98 Å². The summed E-state index contributed by atoms with van der Waals surface area (Å²) >= 11 is 0. The Balaban J connectivity index is 0.986. The Hall–Kier alpha value is -7.81. The van der Waals surface area contributed by atoms with Crippen molar-refractivity contribution in [3.63, 3.8) is 0 Å². The van der Waals surface area contributed by atoms with Crippen LogP contribution in [0, 0.1) is 0 Å². The van der Waals surface area contributed by atoms with E-state index in [0.717, 1.165) is 45.0 Å². The minimum Gasteiger partial charge on any atom is -0.484 e. The van der Waals surface area contributed by atoms with Crippen molar-refractivity contribution in [2.24, 2.45) is 0 Å². The molecule has 9 aromatic carbocycles. The van der Waals surface area contributed by atoms with Gasteiger partial charge in [0.2, 0.25) is 0 Å². The Kier molecular flexibility index (Phi) is 8.35. The molecule has 10 aromatic rings. The molecule has 2 nitrogen and oxygen atoms in total. The standard InChI is InChI=1S/C59H39NO/c1-3-16-45-38(12-1)14-9-21-46(45)40-26-30-42(31-27-40)56-36-44(48-34-35-53(52-19-6-5-18-50(48)52)51-23-10-15-39-13-2-4-17-47(39)51)37-57(60-56)43-32-28-41(29-33-43)49-22-11-24-55-54-20-7-8-25-58(54)61-59(49)55/h1-37,54,58H. The summed E-state index contributed by atoms with van der Waals surface area (Å²) < 4.78 is 6.54. The van der Waals surface area contributed by atoms with E-state index >= 15 is 0 Å². The van der Waals surface area contributed by atoms with E-state index < -0.39 is 0 Å². The third kappa shape index (κ3) is 6.07. The maximum Gasteiger partial charge on any atom is 0.132 e. The first-order chi connectivity index (χ1) is 30.2. The van der Waals surface area contributed by atoms with E-state index in [1.165, 1.54) is 65.7 Å². The average Bonchev–Trinajstić information content (AvgIpc) is 3.72. The van der Waals surface area contributed by atoms with Crippen molar-refractivity contribution in [3.8, 4) is 72.8 Å². The summed E-state index contributed by atoms with van der Waals surface area (Å²) in [6.45, 7) is 0. The lowest BCUT2D eigenvalue weighted by atomic mass is 9.89. The van der Waals surface area contributed by atoms with Crippen molar-refractivity contribution in [1.29, 1.82) is 0 Å². The number of rotatable bonds is 6. The van der Waals surface area contributed by atoms with Crippen molar-refractivity contribution < 1.29 is 4.74 Å². The van der Waals surface area contributed by atoms with E-state index in [1.54, 1.807) is 0 Å². The van der Waals surface area contributed by atoms with Crippen molar-refractivity contribution in [3.05, 3.63) is 230 Å². The van der Waals surface area contributed by atoms with Gasteiger partial charge in [-0.3, -0.25) is 0 Å². The Labute approximate surface area is 355 Å². The molecule has 61 heavy (non-hydrogen) atoms. The fourth-order valence-electron chi connectivity index (χ4n) is 9.64. The molecular formula is C59H39NO. The molecule has 0 saturated heterocycles. The van der Waals surface area contributed by atoms with Crippen LogP contribution in [0.25, 0.3) is 99.3 Å². The van der Waals surface area contributed by atoms with E-state index in [1.807, 2.05) is 0 Å². The number of benzene rings is 9. The molecule has 0 radical (unpaired) electrons. The lowest BCUT2D eigenvalue weighted by Crippen LogP contribution is -2.15. The van der Waals surface area contributed by atoms with Gasteiger partial charge in [-0.15, -0.1) is 0 Å². The highest BCUT2D eigenvalue weighted by Crippen LogP contribution is 2.47. The number of allylic oxidation sites excluding steroid dienone is 2. The molecule has 12 rings (SSSR count). The molecule has 286 valence electrons. The summed E-state index contributed by atoms with van der Waals surface area (Å²) in [4.78, 5) is 5.40. The number of pyridine rings is 1. The summed E-state index contributed by atoms with van der Waals surface area (Å²) in [6, 6.07) is 72.6. The Morgan fingerprint density at radius 1 is 0.344 bits per heavy atom. The highest BCUT2D eigenvalue weighted by Gasteiger charge is 2.33. The largest absolute Gasteiger partial charge is 0.484 e. The van der Waals surface area contributed by atoms with Crippen LogP contribution in [0.3, 0.4) is 0 Å². The van der Waals surface area contributed by atoms with E-state index in [0.29, 0.717) is 0 Å². The van der Waals surface area contributed by atoms with Gasteiger partial charge in [-0.25, -0.2) is 4.98 Å². The van der Waals surface area contributed by atoms with Crippen LogP contribution in [0.1, 0.15) is 11.5 Å². The van der Waals surface area contributed by atoms with Gasteiger partial charge in [0, 0.05) is 28.2 Å². The maximum atomic E-state index is 6.54. The van der Waals surface area contributed by atoms with Gasteiger partial charge in [0.1, 0.15) is 11.9 Å². The van der Waals surface area contributed by atoms with Crippen LogP contribution in [0.2, 0.25) is 0 Å². The fraction of sp³-hybridized carbons (Fsp3) is 0.0339. The van der Waals surface area contributed by atoms with Gasteiger partial charge in [-0.05, 0) is 89.5 Å². The third-order valence-electron chi connectivity index (χ3n) is 12.7. The summed E-state index contributed by atoms with van der Waals surface area (Å²) in [5.74, 6) is 1.23. The van der Waals surface area contributed by atoms with E-state index in [-0.39, 0.29) is 12.0 Å². The highest BCUT2D eigenvalue weighted by atomic mass is 16.5. The zero-order chi connectivity index (χ0) is 40.3. The minimum atomic E-state index is 0.0454. The topological polar surface area (TPSA) is 22.1 Å². The minimum absolute atomic E-state index is 0.0454. The van der Waals surface area contributed by atoms with Crippen LogP contribution in [-0.4, -0.2) is 11.1 Å². The predicted octanol–water partition coefficient (Wildman–Crippen LogP) is 15.5. The quantitative estimate of drug-likeness (QED) is 0.168. The third-order valence-corrected chi connectivity index (χ3v) is 12.7. The first kappa shape index (κ1) is 35.2. The molecule has 0 saturated carbocycles. The summed E-state index contributed by atoms with van der Waals surface area (Å²) in [5.41, 5.74) is 14.7. The van der Waals surface area contributed by atoms with Crippen LogP contribution in [0.4, 0.5) is 0 Å². The first-order valence-electron chi connectivity index (χ1n) is 21.1. The predicted molar refractivity (Wildman–Crippen MR) is 255 cm³/mol. The molecule has 2 atom stereocenters. The lowest BCUT2D eigenvalue weighted by Gasteiger charge is -2.16. The second-order valence-electron chi connectivity index (χ2n) is 16.1. The zero-order valence-corrected chi connectivity index (χ0v) is 33.4. The molecular weight excluding hydrogens is 739 g/mol. The van der Waals surface area contributed by atoms with Gasteiger partial charge < -0.3 is 4.74 Å². The molecule has 2 heteroatoms. The number of ether oxygens (including phenoxy) is 1. The molecule has 1 aliphatic carbocycles. The van der Waals surface area contributed by atoms with Crippen molar-refractivity contribution in [2.75, 3.05) is 0 Å². The smallest absolute Gasteiger partial charge is 0.132 e. The van der Waals surface area contributed by atoms with Crippen LogP contribution >= 0.6 is 0 Å². The molecule has 0 spiro atoms. The Morgan fingerprint density at radius 3 is 1.49 bits per heavy atom. The Morgan fingerprint density at radius 2 is 0.803 bits per heavy atom. The second kappa shape index (κ2) is 14.5. The molecule has 0 bridgehead atoms. The van der Waals surface area contributed by atoms with Crippen molar-refractivity contribution in [2.45, 2.75) is 12.0 Å². The maximum absolute atomic E-state index is 6.54. The molecule has 2 heterocycles. The molecule has 2 unspecified atom stereocenters.